The van der Waals surface area contributed by atoms with Crippen molar-refractivity contribution in [3.8, 4) is 6.07 Å². The number of nitrogens with zero attached hydrogens (tertiary/aromatic N) is 2. The van der Waals surface area contributed by atoms with Gasteiger partial charge in [-0.25, -0.2) is 0 Å². The quantitative estimate of drug-likeness (QED) is 0.698. The first kappa shape index (κ1) is 11.5. The Labute approximate surface area is 86.3 Å². The van der Waals surface area contributed by atoms with Crippen molar-refractivity contribution in [2.75, 3.05) is 19.7 Å². The summed E-state index contributed by atoms with van der Waals surface area (Å²) < 4.78 is 0. The van der Waals surface area contributed by atoms with E-state index in [1.807, 2.05) is 6.92 Å². The molecule has 0 radical (unpaired) electrons. The Morgan fingerprint density at radius 2 is 2.29 bits per heavy atom. The van der Waals surface area contributed by atoms with Crippen molar-refractivity contribution in [2.45, 2.75) is 38.6 Å². The average Bonchev–Trinajstić information content (AvgIpc) is 2.11. The van der Waals surface area contributed by atoms with Crippen molar-refractivity contribution < 1.29 is 5.11 Å². The van der Waals surface area contributed by atoms with E-state index >= 15 is 0 Å². The van der Waals surface area contributed by atoms with Crippen LogP contribution in [-0.4, -0.2) is 35.7 Å². The highest BCUT2D eigenvalue weighted by Crippen LogP contribution is 2.25. The minimum atomic E-state index is 0.106. The van der Waals surface area contributed by atoms with E-state index < -0.39 is 0 Å². The maximum absolute atomic E-state index is 8.79. The van der Waals surface area contributed by atoms with E-state index in [0.717, 1.165) is 19.5 Å². The Bertz CT molecular complexity index is 196. The van der Waals surface area contributed by atoms with Gasteiger partial charge in [-0.15, -0.1) is 0 Å². The van der Waals surface area contributed by atoms with Crippen molar-refractivity contribution in [3.05, 3.63) is 0 Å². The molecule has 1 unspecified atom stereocenters. The van der Waals surface area contributed by atoms with Crippen LogP contribution in [-0.2, 0) is 0 Å². The molecule has 0 aromatic heterocycles. The first-order valence-corrected chi connectivity index (χ1v) is 5.52. The third kappa shape index (κ3) is 3.28. The third-order valence-corrected chi connectivity index (χ3v) is 2.92. The first-order valence-electron chi connectivity index (χ1n) is 5.52. The monoisotopic (exact) mass is 196 g/mol. The normalized spacial score (nSPS) is 19.0. The Balaban J connectivity index is 2.32. The van der Waals surface area contributed by atoms with Crippen LogP contribution in [0.25, 0.3) is 0 Å². The SMILES string of the molecule is CC(C#N)CN(CCCO)C1CCC1. The van der Waals surface area contributed by atoms with Crippen LogP contribution in [0.3, 0.4) is 0 Å². The van der Waals surface area contributed by atoms with E-state index in [1.54, 1.807) is 0 Å². The molecule has 0 aliphatic heterocycles. The molecule has 1 aliphatic rings. The highest BCUT2D eigenvalue weighted by atomic mass is 16.3. The summed E-state index contributed by atoms with van der Waals surface area (Å²) in [6.45, 7) is 4.02. The molecule has 0 spiro atoms. The lowest BCUT2D eigenvalue weighted by molar-refractivity contribution is 0.108. The van der Waals surface area contributed by atoms with Gasteiger partial charge in [0, 0.05) is 25.7 Å². The van der Waals surface area contributed by atoms with Crippen LogP contribution in [0.15, 0.2) is 0 Å². The summed E-state index contributed by atoms with van der Waals surface area (Å²) in [5, 5.41) is 17.5. The Morgan fingerprint density at radius 1 is 1.57 bits per heavy atom. The van der Waals surface area contributed by atoms with E-state index in [0.29, 0.717) is 6.04 Å². The number of aliphatic hydroxyl groups excluding tert-OH is 1. The summed E-state index contributed by atoms with van der Waals surface area (Å²) in [7, 11) is 0. The van der Waals surface area contributed by atoms with Gasteiger partial charge in [0.1, 0.15) is 0 Å². The number of aliphatic hydroxyl groups is 1. The van der Waals surface area contributed by atoms with Crippen molar-refractivity contribution in [2.24, 2.45) is 5.92 Å². The highest BCUT2D eigenvalue weighted by Gasteiger charge is 2.25. The predicted molar refractivity (Wildman–Crippen MR) is 55.7 cm³/mol. The van der Waals surface area contributed by atoms with E-state index in [2.05, 4.69) is 11.0 Å². The minimum absolute atomic E-state index is 0.106. The average molecular weight is 196 g/mol. The van der Waals surface area contributed by atoms with Crippen molar-refractivity contribution in [1.82, 2.24) is 4.90 Å². The largest absolute Gasteiger partial charge is 0.396 e. The number of rotatable bonds is 6. The topological polar surface area (TPSA) is 47.3 Å². The van der Waals surface area contributed by atoms with Crippen molar-refractivity contribution in [1.29, 1.82) is 5.26 Å². The molecular formula is C11H20N2O. The molecule has 1 aliphatic carbocycles. The van der Waals surface area contributed by atoms with Crippen LogP contribution in [0.1, 0.15) is 32.6 Å². The predicted octanol–water partition coefficient (Wildman–Crippen LogP) is 1.38. The molecule has 3 heteroatoms. The molecule has 3 nitrogen and oxygen atoms in total. The lowest BCUT2D eigenvalue weighted by Gasteiger charge is -2.38. The van der Waals surface area contributed by atoms with Gasteiger partial charge in [0.15, 0.2) is 0 Å². The summed E-state index contributed by atoms with van der Waals surface area (Å²) in [5.41, 5.74) is 0. The fourth-order valence-electron chi connectivity index (χ4n) is 1.84. The first-order chi connectivity index (χ1) is 6.77. The maximum atomic E-state index is 8.79. The molecule has 1 saturated carbocycles. The summed E-state index contributed by atoms with van der Waals surface area (Å²) in [4.78, 5) is 2.37. The standard InChI is InChI=1S/C11H20N2O/c1-10(8-12)9-13(6-3-7-14)11-4-2-5-11/h10-11,14H,2-7,9H2,1H3. The van der Waals surface area contributed by atoms with Crippen LogP contribution in [0, 0.1) is 17.2 Å². The summed E-state index contributed by atoms with van der Waals surface area (Å²) in [6.07, 6.45) is 4.68. The lowest BCUT2D eigenvalue weighted by atomic mass is 9.90. The molecule has 1 atom stereocenters. The maximum Gasteiger partial charge on any atom is 0.0666 e. The zero-order valence-corrected chi connectivity index (χ0v) is 8.95. The van der Waals surface area contributed by atoms with E-state index in [4.69, 9.17) is 10.4 Å². The van der Waals surface area contributed by atoms with Gasteiger partial charge in [0.05, 0.1) is 12.0 Å². The van der Waals surface area contributed by atoms with Gasteiger partial charge in [0.25, 0.3) is 0 Å². The molecular weight excluding hydrogens is 176 g/mol. The van der Waals surface area contributed by atoms with Gasteiger partial charge in [-0.2, -0.15) is 5.26 Å². The number of hydrogen-bond acceptors (Lipinski definition) is 3. The minimum Gasteiger partial charge on any atom is -0.396 e. The molecule has 14 heavy (non-hydrogen) atoms. The molecule has 0 saturated heterocycles. The molecule has 1 rings (SSSR count). The second kappa shape index (κ2) is 6.00. The zero-order chi connectivity index (χ0) is 10.4. The van der Waals surface area contributed by atoms with Gasteiger partial charge in [-0.3, -0.25) is 4.90 Å². The number of hydrogen-bond donors (Lipinski definition) is 1. The summed E-state index contributed by atoms with van der Waals surface area (Å²) in [6, 6.07) is 2.95. The lowest BCUT2D eigenvalue weighted by Crippen LogP contribution is -2.43. The molecule has 0 heterocycles. The second-order valence-corrected chi connectivity index (χ2v) is 4.19. The molecule has 1 N–H and O–H groups in total. The Kier molecular flexibility index (Phi) is 4.92. The van der Waals surface area contributed by atoms with Crippen LogP contribution in [0.4, 0.5) is 0 Å². The molecule has 80 valence electrons. The van der Waals surface area contributed by atoms with Gasteiger partial charge in [0.2, 0.25) is 0 Å². The van der Waals surface area contributed by atoms with Crippen molar-refractivity contribution in [3.63, 3.8) is 0 Å². The third-order valence-electron chi connectivity index (χ3n) is 2.92. The second-order valence-electron chi connectivity index (χ2n) is 4.19. The highest BCUT2D eigenvalue weighted by molar-refractivity contribution is 4.86. The van der Waals surface area contributed by atoms with Gasteiger partial charge >= 0.3 is 0 Å². The van der Waals surface area contributed by atoms with E-state index in [-0.39, 0.29) is 12.5 Å². The van der Waals surface area contributed by atoms with Gasteiger partial charge < -0.3 is 5.11 Å². The van der Waals surface area contributed by atoms with Crippen LogP contribution in [0.5, 0.6) is 0 Å². The van der Waals surface area contributed by atoms with E-state index in [1.165, 1.54) is 19.3 Å². The molecule has 0 amide bonds. The Morgan fingerprint density at radius 3 is 2.71 bits per heavy atom. The molecule has 1 fully saturated rings. The number of nitriles is 1. The molecule has 0 aromatic rings. The fraction of sp³-hybridized carbons (Fsp3) is 0.909. The summed E-state index contributed by atoms with van der Waals surface area (Å²) >= 11 is 0. The van der Waals surface area contributed by atoms with Crippen molar-refractivity contribution >= 4 is 0 Å². The molecule has 0 bridgehead atoms. The van der Waals surface area contributed by atoms with Crippen LogP contribution >= 0.6 is 0 Å². The van der Waals surface area contributed by atoms with Gasteiger partial charge in [-0.05, 0) is 26.2 Å². The molecule has 0 aromatic carbocycles. The smallest absolute Gasteiger partial charge is 0.0666 e. The van der Waals surface area contributed by atoms with Gasteiger partial charge in [-0.1, -0.05) is 6.42 Å². The Hall–Kier alpha value is -0.590. The zero-order valence-electron chi connectivity index (χ0n) is 8.95. The van der Waals surface area contributed by atoms with Crippen LogP contribution in [0.2, 0.25) is 0 Å². The van der Waals surface area contributed by atoms with Crippen LogP contribution < -0.4 is 0 Å². The fourth-order valence-corrected chi connectivity index (χ4v) is 1.84. The summed E-state index contributed by atoms with van der Waals surface area (Å²) in [5.74, 6) is 0.106. The van der Waals surface area contributed by atoms with E-state index in [9.17, 15) is 0 Å².